The van der Waals surface area contributed by atoms with Crippen LogP contribution in [-0.4, -0.2) is 27.9 Å². The summed E-state index contributed by atoms with van der Waals surface area (Å²) in [6, 6.07) is 8.46. The maximum atomic E-state index is 12.5. The second kappa shape index (κ2) is 3.48. The summed E-state index contributed by atoms with van der Waals surface area (Å²) in [5, 5.41) is 9.35. The molecule has 0 bridgehead atoms. The van der Waals surface area contributed by atoms with Crippen molar-refractivity contribution in [2.75, 3.05) is 0 Å². The minimum Gasteiger partial charge on any atom is -0.359 e. The summed E-state index contributed by atoms with van der Waals surface area (Å²) in [6.07, 6.45) is -3.94. The molecule has 1 heterocycles. The topological polar surface area (TPSA) is 35.3 Å². The predicted octanol–water partition coefficient (Wildman–Crippen LogP) is 1.56. The van der Waals surface area contributed by atoms with E-state index in [1.54, 1.807) is 30.3 Å². The summed E-state index contributed by atoms with van der Waals surface area (Å²) >= 11 is 0. The Morgan fingerprint density at radius 3 is 2.38 bits per heavy atom. The zero-order valence-electron chi connectivity index (χ0n) is 8.20. The highest BCUT2D eigenvalue weighted by Crippen LogP contribution is 2.33. The van der Waals surface area contributed by atoms with Gasteiger partial charge in [0.2, 0.25) is 5.69 Å². The predicted molar refractivity (Wildman–Crippen MR) is 51.2 cm³/mol. The smallest absolute Gasteiger partial charge is 0.359 e. The fourth-order valence-corrected chi connectivity index (χ4v) is 1.45. The molecule has 0 aromatic heterocycles. The number of hydrazine groups is 1. The van der Waals surface area contributed by atoms with Crippen LogP contribution in [0.1, 0.15) is 6.42 Å². The summed E-state index contributed by atoms with van der Waals surface area (Å²) in [5.74, 6) is 0. The van der Waals surface area contributed by atoms with Crippen molar-refractivity contribution in [3.63, 3.8) is 0 Å². The van der Waals surface area contributed by atoms with Crippen molar-refractivity contribution < 1.29 is 23.0 Å². The number of benzene rings is 1. The third kappa shape index (κ3) is 1.76. The Labute approximate surface area is 89.8 Å². The van der Waals surface area contributed by atoms with Crippen molar-refractivity contribution in [1.82, 2.24) is 5.43 Å². The highest BCUT2D eigenvalue weighted by molar-refractivity contribution is 5.57. The first-order valence-electron chi connectivity index (χ1n) is 4.67. The van der Waals surface area contributed by atoms with E-state index in [4.69, 9.17) is 0 Å². The monoisotopic (exact) mass is 231 g/mol. The maximum Gasteiger partial charge on any atom is 0.442 e. The van der Waals surface area contributed by atoms with Gasteiger partial charge in [0.15, 0.2) is 6.21 Å². The molecular formula is C10H10F3N2O+. The van der Waals surface area contributed by atoms with Crippen LogP contribution in [0.4, 0.5) is 18.9 Å². The van der Waals surface area contributed by atoms with E-state index in [0.29, 0.717) is 5.69 Å². The number of hydrogen-bond acceptors (Lipinski definition) is 2. The zero-order valence-corrected chi connectivity index (χ0v) is 8.20. The summed E-state index contributed by atoms with van der Waals surface area (Å²) in [4.78, 5) is 0. The van der Waals surface area contributed by atoms with Crippen LogP contribution in [-0.2, 0) is 0 Å². The van der Waals surface area contributed by atoms with Gasteiger partial charge in [-0.15, -0.1) is 0 Å². The van der Waals surface area contributed by atoms with Crippen LogP contribution < -0.4 is 5.43 Å². The third-order valence-electron chi connectivity index (χ3n) is 2.38. The highest BCUT2D eigenvalue weighted by atomic mass is 19.4. The third-order valence-corrected chi connectivity index (χ3v) is 2.38. The summed E-state index contributed by atoms with van der Waals surface area (Å²) < 4.78 is 38.6. The average molecular weight is 231 g/mol. The van der Waals surface area contributed by atoms with E-state index in [2.05, 4.69) is 0 Å². The first kappa shape index (κ1) is 10.9. The first-order chi connectivity index (χ1) is 7.42. The lowest BCUT2D eigenvalue weighted by Crippen LogP contribution is -2.55. The van der Waals surface area contributed by atoms with Crippen molar-refractivity contribution in [2.24, 2.45) is 0 Å². The van der Waals surface area contributed by atoms with Gasteiger partial charge in [-0.2, -0.15) is 18.6 Å². The lowest BCUT2D eigenvalue weighted by atomic mass is 10.2. The van der Waals surface area contributed by atoms with Gasteiger partial charge >= 0.3 is 6.18 Å². The van der Waals surface area contributed by atoms with Crippen LogP contribution >= 0.6 is 0 Å². The van der Waals surface area contributed by atoms with Gasteiger partial charge in [-0.25, -0.2) is 0 Å². The molecule has 0 saturated heterocycles. The molecule has 1 atom stereocenters. The van der Waals surface area contributed by atoms with Gasteiger partial charge in [0, 0.05) is 12.1 Å². The van der Waals surface area contributed by atoms with Gasteiger partial charge in [0.1, 0.15) is 0 Å². The van der Waals surface area contributed by atoms with Crippen LogP contribution in [0.15, 0.2) is 30.3 Å². The van der Waals surface area contributed by atoms with Crippen molar-refractivity contribution in [3.8, 4) is 0 Å². The minimum absolute atomic E-state index is 0.509. The summed E-state index contributed by atoms with van der Waals surface area (Å²) in [7, 11) is 0. The average Bonchev–Trinajstić information content (AvgIpc) is 2.63. The number of hydrazone groups is 1. The molecule has 6 heteroatoms. The van der Waals surface area contributed by atoms with E-state index in [1.165, 1.54) is 10.9 Å². The van der Waals surface area contributed by atoms with E-state index in [0.717, 1.165) is 0 Å². The quantitative estimate of drug-likeness (QED) is 0.719. The molecule has 0 saturated carbocycles. The van der Waals surface area contributed by atoms with Crippen LogP contribution in [0.25, 0.3) is 0 Å². The largest absolute Gasteiger partial charge is 0.442 e. The number of nitrogens with one attached hydrogen (secondary N) is 1. The van der Waals surface area contributed by atoms with Gasteiger partial charge in [-0.05, 0) is 0 Å². The van der Waals surface area contributed by atoms with Gasteiger partial charge in [0.25, 0.3) is 5.72 Å². The van der Waals surface area contributed by atoms with Crippen molar-refractivity contribution in [1.29, 1.82) is 0 Å². The Morgan fingerprint density at radius 2 is 1.88 bits per heavy atom. The second-order valence-electron chi connectivity index (χ2n) is 3.56. The zero-order chi connectivity index (χ0) is 11.8. The number of halogens is 3. The Balaban J connectivity index is 2.20. The van der Waals surface area contributed by atoms with Crippen LogP contribution in [0.2, 0.25) is 0 Å². The van der Waals surface area contributed by atoms with Gasteiger partial charge < -0.3 is 5.11 Å². The molecule has 1 aromatic carbocycles. The molecule has 2 rings (SSSR count). The molecule has 1 aliphatic rings. The number of alkyl halides is 3. The normalized spacial score (nSPS) is 25.1. The number of aliphatic hydroxyl groups is 1. The number of nitrogens with zero attached hydrogens (tertiary/aromatic N) is 1. The van der Waals surface area contributed by atoms with E-state index in [-0.39, 0.29) is 0 Å². The Hall–Kier alpha value is -1.56. The van der Waals surface area contributed by atoms with Gasteiger partial charge in [-0.1, -0.05) is 22.9 Å². The minimum atomic E-state index is -4.70. The standard InChI is InChI=1S/C10H10F3N2O/c11-10(12,13)9(16)6-7-15(14-9)8-4-2-1-3-5-8/h1-5,7,14,16H,6H2/q+1. The Bertz CT molecular complexity index is 416. The van der Waals surface area contributed by atoms with Crippen molar-refractivity contribution >= 4 is 11.9 Å². The molecule has 1 aromatic rings. The van der Waals surface area contributed by atoms with Crippen molar-refractivity contribution in [2.45, 2.75) is 18.3 Å². The molecule has 1 unspecified atom stereocenters. The molecule has 0 radical (unpaired) electrons. The van der Waals surface area contributed by atoms with Crippen LogP contribution in [0.5, 0.6) is 0 Å². The lowest BCUT2D eigenvalue weighted by Gasteiger charge is -2.22. The summed E-state index contributed by atoms with van der Waals surface area (Å²) in [5.41, 5.74) is -0.296. The van der Waals surface area contributed by atoms with Crippen LogP contribution in [0, 0.1) is 0 Å². The number of para-hydroxylation sites is 1. The van der Waals surface area contributed by atoms with Gasteiger partial charge in [-0.3, -0.25) is 0 Å². The molecule has 16 heavy (non-hydrogen) atoms. The van der Waals surface area contributed by atoms with E-state index in [9.17, 15) is 18.3 Å². The molecular weight excluding hydrogens is 221 g/mol. The molecule has 0 spiro atoms. The molecule has 3 nitrogen and oxygen atoms in total. The lowest BCUT2D eigenvalue weighted by molar-refractivity contribution is -0.534. The van der Waals surface area contributed by atoms with Crippen molar-refractivity contribution in [3.05, 3.63) is 30.3 Å². The molecule has 1 aliphatic heterocycles. The Morgan fingerprint density at radius 1 is 1.25 bits per heavy atom. The van der Waals surface area contributed by atoms with E-state index in [1.807, 2.05) is 5.43 Å². The molecule has 0 fully saturated rings. The molecule has 2 N–H and O–H groups in total. The molecule has 0 amide bonds. The van der Waals surface area contributed by atoms with Crippen LogP contribution in [0.3, 0.4) is 0 Å². The number of rotatable bonds is 1. The molecule has 86 valence electrons. The first-order valence-corrected chi connectivity index (χ1v) is 4.67. The number of hydrogen-bond donors (Lipinski definition) is 2. The second-order valence-corrected chi connectivity index (χ2v) is 3.56. The maximum absolute atomic E-state index is 12.5. The fourth-order valence-electron chi connectivity index (χ4n) is 1.45. The summed E-state index contributed by atoms with van der Waals surface area (Å²) in [6.45, 7) is 0. The Kier molecular flexibility index (Phi) is 2.38. The van der Waals surface area contributed by atoms with E-state index >= 15 is 0 Å². The van der Waals surface area contributed by atoms with Gasteiger partial charge in [0.05, 0.1) is 6.42 Å². The highest BCUT2D eigenvalue weighted by Gasteiger charge is 2.60. The van der Waals surface area contributed by atoms with E-state index < -0.39 is 18.3 Å². The SMILES string of the molecule is OC1(C(F)(F)F)CC=[N+](c2ccccc2)N1. The molecule has 0 aliphatic carbocycles. The fraction of sp³-hybridized carbons (Fsp3) is 0.300.